The minimum atomic E-state index is 0.557. The van der Waals surface area contributed by atoms with Gasteiger partial charge in [0.2, 0.25) is 0 Å². The van der Waals surface area contributed by atoms with E-state index in [-0.39, 0.29) is 0 Å². The molecule has 4 aromatic rings. The van der Waals surface area contributed by atoms with E-state index in [9.17, 15) is 0 Å². The third kappa shape index (κ3) is 2.88. The van der Waals surface area contributed by atoms with E-state index >= 15 is 0 Å². The predicted octanol–water partition coefficient (Wildman–Crippen LogP) is 4.22. The molecule has 0 saturated carbocycles. The van der Waals surface area contributed by atoms with Crippen LogP contribution in [-0.4, -0.2) is 38.5 Å². The summed E-state index contributed by atoms with van der Waals surface area (Å²) in [5.41, 5.74) is 2.66. The predicted molar refractivity (Wildman–Crippen MR) is 106 cm³/mol. The molecule has 1 aliphatic heterocycles. The molecule has 1 aliphatic rings. The Hall–Kier alpha value is -2.80. The number of ether oxygens (including phenoxy) is 2. The lowest BCUT2D eigenvalue weighted by molar-refractivity contribution is 0.171. The number of aromatic nitrogens is 4. The zero-order chi connectivity index (χ0) is 18.2. The molecular formula is C20H18N4O2S. The summed E-state index contributed by atoms with van der Waals surface area (Å²) in [7, 11) is 0. The second-order valence-electron chi connectivity index (χ2n) is 6.29. The largest absolute Gasteiger partial charge is 0.486 e. The van der Waals surface area contributed by atoms with Crippen molar-refractivity contribution in [1.82, 2.24) is 19.6 Å². The van der Waals surface area contributed by atoms with Gasteiger partial charge in [0.15, 0.2) is 28.1 Å². The van der Waals surface area contributed by atoms with E-state index in [0.29, 0.717) is 19.0 Å². The second-order valence-corrected chi connectivity index (χ2v) is 7.35. The van der Waals surface area contributed by atoms with Crippen molar-refractivity contribution in [3.63, 3.8) is 0 Å². The Bertz CT molecular complexity index is 1140. The van der Waals surface area contributed by atoms with Crippen molar-refractivity contribution in [2.24, 2.45) is 0 Å². The Kier molecular flexibility index (Phi) is 4.09. The number of rotatable bonds is 4. The molecule has 0 unspecified atom stereocenters. The molecule has 2 aromatic carbocycles. The maximum Gasteiger partial charge on any atom is 0.191 e. The number of para-hydroxylation sites is 1. The Morgan fingerprint density at radius 2 is 1.89 bits per heavy atom. The van der Waals surface area contributed by atoms with Crippen LogP contribution in [0.3, 0.4) is 0 Å². The monoisotopic (exact) mass is 378 g/mol. The van der Waals surface area contributed by atoms with Gasteiger partial charge >= 0.3 is 0 Å². The van der Waals surface area contributed by atoms with Crippen LogP contribution < -0.4 is 9.47 Å². The van der Waals surface area contributed by atoms with Gasteiger partial charge in [-0.1, -0.05) is 30.8 Å². The summed E-state index contributed by atoms with van der Waals surface area (Å²) in [6, 6.07) is 13.9. The van der Waals surface area contributed by atoms with Gasteiger partial charge in [0.1, 0.15) is 13.2 Å². The minimum Gasteiger partial charge on any atom is -0.486 e. The van der Waals surface area contributed by atoms with Crippen molar-refractivity contribution in [2.45, 2.75) is 18.5 Å². The normalized spacial score (nSPS) is 13.4. The van der Waals surface area contributed by atoms with Gasteiger partial charge in [-0.25, -0.2) is 9.97 Å². The van der Waals surface area contributed by atoms with Gasteiger partial charge in [-0.2, -0.15) is 4.52 Å². The molecule has 27 heavy (non-hydrogen) atoms. The van der Waals surface area contributed by atoms with Crippen LogP contribution in [0, 0.1) is 0 Å². The van der Waals surface area contributed by atoms with Crippen LogP contribution in [0.25, 0.3) is 27.9 Å². The summed E-state index contributed by atoms with van der Waals surface area (Å²) >= 11 is 1.70. The fourth-order valence-corrected chi connectivity index (χ4v) is 3.92. The van der Waals surface area contributed by atoms with Gasteiger partial charge in [0, 0.05) is 16.7 Å². The van der Waals surface area contributed by atoms with Crippen molar-refractivity contribution in [1.29, 1.82) is 0 Å². The highest BCUT2D eigenvalue weighted by Crippen LogP contribution is 2.34. The molecule has 0 atom stereocenters. The summed E-state index contributed by atoms with van der Waals surface area (Å²) in [6.07, 6.45) is 1.07. The van der Waals surface area contributed by atoms with Crippen LogP contribution in [0.2, 0.25) is 0 Å². The van der Waals surface area contributed by atoms with Crippen LogP contribution in [0.1, 0.15) is 13.3 Å². The maximum atomic E-state index is 5.70. The topological polar surface area (TPSA) is 61.5 Å². The first kappa shape index (κ1) is 16.4. The zero-order valence-electron chi connectivity index (χ0n) is 14.9. The number of fused-ring (bicyclic) bond motifs is 4. The molecule has 0 N–H and O–H groups in total. The number of nitrogens with zero attached hydrogens (tertiary/aromatic N) is 4. The van der Waals surface area contributed by atoms with E-state index in [4.69, 9.17) is 24.5 Å². The van der Waals surface area contributed by atoms with Crippen molar-refractivity contribution in [2.75, 3.05) is 19.0 Å². The molecule has 3 heterocycles. The average molecular weight is 378 g/mol. The second kappa shape index (κ2) is 6.74. The molecule has 5 rings (SSSR count). The van der Waals surface area contributed by atoms with Crippen molar-refractivity contribution in [3.05, 3.63) is 42.5 Å². The van der Waals surface area contributed by atoms with Crippen molar-refractivity contribution in [3.8, 4) is 22.9 Å². The maximum absolute atomic E-state index is 5.70. The lowest BCUT2D eigenvalue weighted by atomic mass is 10.2. The number of benzene rings is 2. The van der Waals surface area contributed by atoms with Gasteiger partial charge in [-0.3, -0.25) is 0 Å². The minimum absolute atomic E-state index is 0.557. The molecule has 6 nitrogen and oxygen atoms in total. The Morgan fingerprint density at radius 3 is 2.78 bits per heavy atom. The van der Waals surface area contributed by atoms with E-state index in [2.05, 4.69) is 6.92 Å². The molecule has 0 saturated heterocycles. The van der Waals surface area contributed by atoms with Crippen molar-refractivity contribution >= 4 is 28.3 Å². The highest BCUT2D eigenvalue weighted by Gasteiger charge is 2.17. The highest BCUT2D eigenvalue weighted by atomic mass is 32.2. The number of hydrogen-bond donors (Lipinski definition) is 0. The first-order valence-corrected chi connectivity index (χ1v) is 10.0. The van der Waals surface area contributed by atoms with Gasteiger partial charge in [0.25, 0.3) is 0 Å². The molecule has 0 spiro atoms. The smallest absolute Gasteiger partial charge is 0.191 e. The fraction of sp³-hybridized carbons (Fsp3) is 0.250. The molecule has 136 valence electrons. The van der Waals surface area contributed by atoms with Crippen LogP contribution in [0.5, 0.6) is 11.5 Å². The Balaban J connectivity index is 1.69. The molecule has 0 fully saturated rings. The Morgan fingerprint density at radius 1 is 1.04 bits per heavy atom. The quantitative estimate of drug-likeness (QED) is 0.391. The van der Waals surface area contributed by atoms with Crippen LogP contribution in [0.15, 0.2) is 47.6 Å². The van der Waals surface area contributed by atoms with Gasteiger partial charge in [0.05, 0.1) is 5.52 Å². The summed E-state index contributed by atoms with van der Waals surface area (Å²) in [5, 5.41) is 6.62. The molecule has 7 heteroatoms. The highest BCUT2D eigenvalue weighted by molar-refractivity contribution is 7.99. The molecule has 2 aromatic heterocycles. The molecule has 0 aliphatic carbocycles. The Labute approximate surface area is 160 Å². The van der Waals surface area contributed by atoms with E-state index in [0.717, 1.165) is 50.9 Å². The van der Waals surface area contributed by atoms with Crippen molar-refractivity contribution < 1.29 is 9.47 Å². The molecular weight excluding hydrogens is 360 g/mol. The number of hydrogen-bond acceptors (Lipinski definition) is 6. The summed E-state index contributed by atoms with van der Waals surface area (Å²) in [5.74, 6) is 3.14. The van der Waals surface area contributed by atoms with E-state index in [1.165, 1.54) is 0 Å². The third-order valence-corrected chi connectivity index (χ3v) is 5.52. The van der Waals surface area contributed by atoms with Crippen LogP contribution in [0.4, 0.5) is 0 Å². The number of thioether (sulfide) groups is 1. The van der Waals surface area contributed by atoms with E-state index in [1.807, 2.05) is 47.0 Å². The van der Waals surface area contributed by atoms with Gasteiger partial charge in [-0.05, 0) is 36.8 Å². The SMILES string of the molecule is CCCSc1nc2ccccc2c2nc(-c3ccc4c(c3)OCCO4)nn12. The first-order valence-electron chi connectivity index (χ1n) is 9.02. The van der Waals surface area contributed by atoms with E-state index in [1.54, 1.807) is 11.8 Å². The molecule has 0 bridgehead atoms. The van der Waals surface area contributed by atoms with Crippen LogP contribution in [-0.2, 0) is 0 Å². The summed E-state index contributed by atoms with van der Waals surface area (Å²) in [4.78, 5) is 9.63. The standard InChI is InChI=1S/C20H18N4O2S/c1-2-11-27-20-21-15-6-4-3-5-14(15)19-22-18(23-24(19)20)13-7-8-16-17(12-13)26-10-9-25-16/h3-8,12H,2,9-11H2,1H3. The summed E-state index contributed by atoms with van der Waals surface area (Å²) in [6.45, 7) is 3.29. The average Bonchev–Trinajstić information content (AvgIpc) is 3.17. The zero-order valence-corrected chi connectivity index (χ0v) is 15.7. The third-order valence-electron chi connectivity index (χ3n) is 4.39. The van der Waals surface area contributed by atoms with Gasteiger partial charge in [-0.15, -0.1) is 5.10 Å². The lowest BCUT2D eigenvalue weighted by Gasteiger charge is -2.18. The first-order chi connectivity index (χ1) is 13.3. The van der Waals surface area contributed by atoms with Crippen LogP contribution >= 0.6 is 11.8 Å². The van der Waals surface area contributed by atoms with E-state index < -0.39 is 0 Å². The lowest BCUT2D eigenvalue weighted by Crippen LogP contribution is -2.15. The fourth-order valence-electron chi connectivity index (χ4n) is 3.12. The molecule has 0 amide bonds. The van der Waals surface area contributed by atoms with Gasteiger partial charge < -0.3 is 9.47 Å². The summed E-state index contributed by atoms with van der Waals surface area (Å²) < 4.78 is 13.2. The molecule has 0 radical (unpaired) electrons.